The van der Waals surface area contributed by atoms with Crippen LogP contribution in [0, 0.1) is 11.3 Å². The van der Waals surface area contributed by atoms with Gasteiger partial charge in [-0.05, 0) is 12.1 Å². The Morgan fingerprint density at radius 2 is 2.00 bits per heavy atom. The number of rotatable bonds is 3. The Labute approximate surface area is 114 Å². The predicted octanol–water partition coefficient (Wildman–Crippen LogP) is 1.80. The van der Waals surface area contributed by atoms with E-state index < -0.39 is 10.0 Å². The van der Waals surface area contributed by atoms with Gasteiger partial charge in [-0.1, -0.05) is 23.7 Å². The van der Waals surface area contributed by atoms with Crippen LogP contribution in [0.25, 0.3) is 0 Å². The normalized spacial score (nSPS) is 10.7. The van der Waals surface area contributed by atoms with Crippen molar-refractivity contribution in [3.05, 3.63) is 47.4 Å². The van der Waals surface area contributed by atoms with E-state index in [-0.39, 0.29) is 21.4 Å². The lowest BCUT2D eigenvalue weighted by Crippen LogP contribution is -2.15. The fourth-order valence-electron chi connectivity index (χ4n) is 1.38. The first-order chi connectivity index (χ1) is 9.03. The molecule has 8 heteroatoms. The molecule has 0 aliphatic heterocycles. The second kappa shape index (κ2) is 5.22. The summed E-state index contributed by atoms with van der Waals surface area (Å²) in [5.74, 6) is 0.0349. The molecule has 0 radical (unpaired) electrons. The minimum Gasteiger partial charge on any atom is -0.263 e. The number of sulfonamides is 1. The molecule has 96 valence electrons. The lowest BCUT2D eigenvalue weighted by atomic mass is 10.2. The fourth-order valence-corrected chi connectivity index (χ4v) is 2.68. The molecule has 1 N–H and O–H groups in total. The average molecular weight is 295 g/mol. The molecule has 0 amide bonds. The maximum Gasteiger partial charge on any atom is 0.264 e. The fraction of sp³-hybridized carbons (Fsp3) is 0. The van der Waals surface area contributed by atoms with Crippen molar-refractivity contribution in [2.75, 3.05) is 4.72 Å². The molecule has 0 aliphatic rings. The van der Waals surface area contributed by atoms with Crippen LogP contribution in [0.3, 0.4) is 0 Å². The molecular weight excluding hydrogens is 288 g/mol. The van der Waals surface area contributed by atoms with Crippen molar-refractivity contribution in [1.29, 1.82) is 5.26 Å². The number of nitriles is 1. The Kier molecular flexibility index (Phi) is 3.64. The van der Waals surface area contributed by atoms with Gasteiger partial charge in [-0.3, -0.25) is 4.72 Å². The van der Waals surface area contributed by atoms with E-state index in [9.17, 15) is 8.42 Å². The molecule has 1 aromatic carbocycles. The summed E-state index contributed by atoms with van der Waals surface area (Å²) in [6, 6.07) is 8.96. The van der Waals surface area contributed by atoms with Crippen LogP contribution in [-0.2, 0) is 10.0 Å². The molecule has 0 aliphatic carbocycles. The lowest BCUT2D eigenvalue weighted by Gasteiger charge is -2.08. The molecule has 0 saturated carbocycles. The maximum absolute atomic E-state index is 12.1. The van der Waals surface area contributed by atoms with Crippen LogP contribution in [0.15, 0.2) is 41.6 Å². The Balaban J connectivity index is 2.41. The van der Waals surface area contributed by atoms with Crippen LogP contribution < -0.4 is 4.72 Å². The van der Waals surface area contributed by atoms with E-state index in [0.29, 0.717) is 0 Å². The smallest absolute Gasteiger partial charge is 0.263 e. The molecule has 0 unspecified atom stereocenters. The van der Waals surface area contributed by atoms with Gasteiger partial charge >= 0.3 is 0 Å². The topological polar surface area (TPSA) is 95.7 Å². The van der Waals surface area contributed by atoms with Crippen molar-refractivity contribution in [2.24, 2.45) is 0 Å². The van der Waals surface area contributed by atoms with Gasteiger partial charge in [0.2, 0.25) is 0 Å². The summed E-state index contributed by atoms with van der Waals surface area (Å²) in [6.07, 6.45) is 1.14. The van der Waals surface area contributed by atoms with Crippen LogP contribution in [0.5, 0.6) is 0 Å². The van der Waals surface area contributed by atoms with Gasteiger partial charge in [0.15, 0.2) is 0 Å². The van der Waals surface area contributed by atoms with Crippen molar-refractivity contribution in [3.8, 4) is 6.07 Å². The third-order valence-corrected chi connectivity index (χ3v) is 3.79. The van der Waals surface area contributed by atoms with E-state index in [2.05, 4.69) is 14.7 Å². The summed E-state index contributed by atoms with van der Waals surface area (Å²) in [7, 11) is -3.89. The van der Waals surface area contributed by atoms with Crippen molar-refractivity contribution < 1.29 is 8.42 Å². The van der Waals surface area contributed by atoms with Crippen molar-refractivity contribution >= 4 is 27.4 Å². The molecule has 1 aromatic heterocycles. The molecular formula is C11H7ClN4O2S. The van der Waals surface area contributed by atoms with E-state index >= 15 is 0 Å². The number of benzene rings is 1. The molecule has 2 aromatic rings. The number of aromatic nitrogens is 2. The predicted molar refractivity (Wildman–Crippen MR) is 69.0 cm³/mol. The van der Waals surface area contributed by atoms with Crippen LogP contribution in [-0.4, -0.2) is 18.4 Å². The minimum atomic E-state index is -3.89. The van der Waals surface area contributed by atoms with Crippen LogP contribution >= 0.6 is 11.6 Å². The number of nitrogens with one attached hydrogen (secondary N) is 1. The number of nitrogens with zero attached hydrogens (tertiary/aromatic N) is 3. The summed E-state index contributed by atoms with van der Waals surface area (Å²) in [5.41, 5.74) is 0.0511. The zero-order valence-corrected chi connectivity index (χ0v) is 11.0. The minimum absolute atomic E-state index is 0.0349. The zero-order chi connectivity index (χ0) is 13.9. The van der Waals surface area contributed by atoms with Gasteiger partial charge in [0, 0.05) is 6.07 Å². The molecule has 0 saturated heterocycles. The maximum atomic E-state index is 12.1. The Hall–Kier alpha value is -2.17. The van der Waals surface area contributed by atoms with Gasteiger partial charge < -0.3 is 0 Å². The second-order valence-electron chi connectivity index (χ2n) is 3.44. The zero-order valence-electron chi connectivity index (χ0n) is 9.41. The van der Waals surface area contributed by atoms with Gasteiger partial charge in [-0.2, -0.15) is 5.26 Å². The highest BCUT2D eigenvalue weighted by Gasteiger charge is 2.18. The average Bonchev–Trinajstić information content (AvgIpc) is 2.38. The van der Waals surface area contributed by atoms with E-state index in [1.807, 2.05) is 6.07 Å². The third-order valence-electron chi connectivity index (χ3n) is 2.17. The summed E-state index contributed by atoms with van der Waals surface area (Å²) in [5, 5.41) is 9.02. The van der Waals surface area contributed by atoms with E-state index in [1.54, 1.807) is 6.07 Å². The highest BCUT2D eigenvalue weighted by atomic mass is 35.5. The number of hydrogen-bond donors (Lipinski definition) is 1. The van der Waals surface area contributed by atoms with Gasteiger partial charge in [0.25, 0.3) is 10.0 Å². The summed E-state index contributed by atoms with van der Waals surface area (Å²) >= 11 is 5.64. The first-order valence-corrected chi connectivity index (χ1v) is 6.88. The standard InChI is InChI=1S/C11H7ClN4O2S/c12-10-5-11(15-7-14-10)16-19(17,18)9-4-2-1-3-8(9)6-13/h1-5,7H,(H,14,15,16). The van der Waals surface area contributed by atoms with E-state index in [1.165, 1.54) is 24.3 Å². The highest BCUT2D eigenvalue weighted by molar-refractivity contribution is 7.92. The molecule has 2 rings (SSSR count). The molecule has 0 bridgehead atoms. The van der Waals surface area contributed by atoms with E-state index in [4.69, 9.17) is 16.9 Å². The molecule has 19 heavy (non-hydrogen) atoms. The van der Waals surface area contributed by atoms with Gasteiger partial charge in [0.1, 0.15) is 28.3 Å². The van der Waals surface area contributed by atoms with Crippen molar-refractivity contribution in [3.63, 3.8) is 0 Å². The van der Waals surface area contributed by atoms with Gasteiger partial charge in [0.05, 0.1) is 5.56 Å². The second-order valence-corrected chi connectivity index (χ2v) is 5.48. The van der Waals surface area contributed by atoms with Crippen LogP contribution in [0.4, 0.5) is 5.82 Å². The Morgan fingerprint density at radius 3 is 2.68 bits per heavy atom. The SMILES string of the molecule is N#Cc1ccccc1S(=O)(=O)Nc1cc(Cl)ncn1. The first kappa shape index (κ1) is 13.3. The largest absolute Gasteiger partial charge is 0.264 e. The lowest BCUT2D eigenvalue weighted by molar-refractivity contribution is 0.601. The van der Waals surface area contributed by atoms with Crippen molar-refractivity contribution in [2.45, 2.75) is 4.90 Å². The van der Waals surface area contributed by atoms with Crippen LogP contribution in [0.2, 0.25) is 5.15 Å². The summed E-state index contributed by atoms with van der Waals surface area (Å²) in [4.78, 5) is 7.26. The quantitative estimate of drug-likeness (QED) is 0.871. The highest BCUT2D eigenvalue weighted by Crippen LogP contribution is 2.18. The van der Waals surface area contributed by atoms with E-state index in [0.717, 1.165) is 6.33 Å². The molecule has 6 nitrogen and oxygen atoms in total. The summed E-state index contributed by atoms with van der Waals surface area (Å²) in [6.45, 7) is 0. The number of halogens is 1. The molecule has 0 spiro atoms. The Morgan fingerprint density at radius 1 is 1.26 bits per heavy atom. The summed E-state index contributed by atoms with van der Waals surface area (Å²) < 4.78 is 26.5. The third kappa shape index (κ3) is 2.99. The van der Waals surface area contributed by atoms with Gasteiger partial charge in [-0.25, -0.2) is 18.4 Å². The molecule has 1 heterocycles. The van der Waals surface area contributed by atoms with Crippen molar-refractivity contribution in [1.82, 2.24) is 9.97 Å². The Bertz CT molecular complexity index is 755. The number of anilines is 1. The number of hydrogen-bond acceptors (Lipinski definition) is 5. The molecule has 0 atom stereocenters. The monoisotopic (exact) mass is 294 g/mol. The van der Waals surface area contributed by atoms with Gasteiger partial charge in [-0.15, -0.1) is 0 Å². The molecule has 0 fully saturated rings. The first-order valence-electron chi connectivity index (χ1n) is 5.02. The van der Waals surface area contributed by atoms with Crippen LogP contribution in [0.1, 0.15) is 5.56 Å².